The molecule has 1 aliphatic rings. The average molecular weight is 441 g/mol. The van der Waals surface area contributed by atoms with Crippen LogP contribution in [0.3, 0.4) is 0 Å². The largest absolute Gasteiger partial charge is 0.322 e. The maximum Gasteiger partial charge on any atom is 0.264 e. The van der Waals surface area contributed by atoms with E-state index in [1.54, 1.807) is 60.7 Å². The molecule has 30 heavy (non-hydrogen) atoms. The number of carbonyl (C=O) groups is 1. The maximum absolute atomic E-state index is 13.1. The molecule has 3 aromatic carbocycles. The quantitative estimate of drug-likeness (QED) is 0.617. The summed E-state index contributed by atoms with van der Waals surface area (Å²) in [6.45, 7) is 2.31. The molecule has 1 N–H and O–H groups in total. The van der Waals surface area contributed by atoms with E-state index in [2.05, 4.69) is 5.32 Å². The first-order chi connectivity index (χ1) is 14.4. The highest BCUT2D eigenvalue weighted by Gasteiger charge is 2.29. The number of anilines is 2. The Kier molecular flexibility index (Phi) is 5.54. The van der Waals surface area contributed by atoms with E-state index in [0.717, 1.165) is 11.1 Å². The highest BCUT2D eigenvalue weighted by atomic mass is 35.5. The number of rotatable bonds is 4. The van der Waals surface area contributed by atoms with Crippen LogP contribution in [0.25, 0.3) is 0 Å². The van der Waals surface area contributed by atoms with Crippen LogP contribution in [0.2, 0.25) is 5.02 Å². The predicted molar refractivity (Wildman–Crippen MR) is 120 cm³/mol. The molecule has 0 fully saturated rings. The molecule has 0 saturated carbocycles. The molecule has 1 amide bonds. The second-order valence-electron chi connectivity index (χ2n) is 7.26. The fourth-order valence-corrected chi connectivity index (χ4v) is 5.29. The van der Waals surface area contributed by atoms with Gasteiger partial charge in [0, 0.05) is 22.8 Å². The first-order valence-corrected chi connectivity index (χ1v) is 11.5. The molecule has 4 rings (SSSR count). The summed E-state index contributed by atoms with van der Waals surface area (Å²) in [5.41, 5.74) is 3.49. The minimum atomic E-state index is -3.65. The van der Waals surface area contributed by atoms with Crippen LogP contribution < -0.4 is 9.62 Å². The van der Waals surface area contributed by atoms with E-state index in [9.17, 15) is 13.2 Å². The van der Waals surface area contributed by atoms with E-state index in [1.165, 1.54) is 4.31 Å². The summed E-state index contributed by atoms with van der Waals surface area (Å²) in [6.07, 6.45) is 1.41. The molecule has 5 nitrogen and oxygen atoms in total. The molecular formula is C23H21ClN2O3S. The van der Waals surface area contributed by atoms with Crippen molar-refractivity contribution >= 4 is 38.9 Å². The van der Waals surface area contributed by atoms with E-state index in [4.69, 9.17) is 11.6 Å². The lowest BCUT2D eigenvalue weighted by molar-refractivity contribution is 0.102. The highest BCUT2D eigenvalue weighted by molar-refractivity contribution is 7.92. The Morgan fingerprint density at radius 1 is 1.03 bits per heavy atom. The van der Waals surface area contributed by atoms with Crippen molar-refractivity contribution in [3.63, 3.8) is 0 Å². The molecule has 0 aromatic heterocycles. The summed E-state index contributed by atoms with van der Waals surface area (Å²) in [5, 5.41) is 3.43. The number of benzene rings is 3. The number of amides is 1. The average Bonchev–Trinajstić information content (AvgIpc) is 2.76. The van der Waals surface area contributed by atoms with Gasteiger partial charge in [-0.25, -0.2) is 8.42 Å². The van der Waals surface area contributed by atoms with E-state index < -0.39 is 10.0 Å². The van der Waals surface area contributed by atoms with Crippen LogP contribution in [-0.4, -0.2) is 20.9 Å². The number of sulfonamides is 1. The lowest BCUT2D eigenvalue weighted by Gasteiger charge is -2.30. The van der Waals surface area contributed by atoms with Crippen molar-refractivity contribution < 1.29 is 13.2 Å². The molecule has 0 unspecified atom stereocenters. The number of halogens is 1. The van der Waals surface area contributed by atoms with Gasteiger partial charge < -0.3 is 5.32 Å². The van der Waals surface area contributed by atoms with E-state index in [0.29, 0.717) is 41.3 Å². The molecule has 154 valence electrons. The summed E-state index contributed by atoms with van der Waals surface area (Å²) in [5.74, 6) is -0.263. The molecule has 0 aliphatic carbocycles. The van der Waals surface area contributed by atoms with Crippen LogP contribution in [0, 0.1) is 6.92 Å². The van der Waals surface area contributed by atoms with Gasteiger partial charge in [-0.1, -0.05) is 35.9 Å². The number of carbonyl (C=O) groups excluding carboxylic acids is 1. The summed E-state index contributed by atoms with van der Waals surface area (Å²) in [6, 6.07) is 18.9. The summed E-state index contributed by atoms with van der Waals surface area (Å²) in [4.78, 5) is 13.0. The molecule has 0 saturated heterocycles. The van der Waals surface area contributed by atoms with Gasteiger partial charge in [0.15, 0.2) is 0 Å². The number of hydrogen-bond donors (Lipinski definition) is 1. The Morgan fingerprint density at radius 3 is 2.53 bits per heavy atom. The SMILES string of the molecule is Cc1ccc(NC(=O)c2ccc3c(c2)CCCN3S(=O)(=O)c2ccccc2)cc1Cl. The summed E-state index contributed by atoms with van der Waals surface area (Å²) >= 11 is 6.13. The zero-order valence-electron chi connectivity index (χ0n) is 16.4. The molecule has 0 atom stereocenters. The Balaban J connectivity index is 1.62. The van der Waals surface area contributed by atoms with Gasteiger partial charge in [0.05, 0.1) is 10.6 Å². The van der Waals surface area contributed by atoms with Crippen molar-refractivity contribution in [3.05, 3.63) is 88.4 Å². The lowest BCUT2D eigenvalue weighted by Crippen LogP contribution is -2.35. The van der Waals surface area contributed by atoms with Crippen molar-refractivity contribution in [2.45, 2.75) is 24.7 Å². The third-order valence-electron chi connectivity index (χ3n) is 5.18. The molecular weight excluding hydrogens is 420 g/mol. The normalized spacial score (nSPS) is 13.6. The molecule has 0 spiro atoms. The van der Waals surface area contributed by atoms with Crippen LogP contribution >= 0.6 is 11.6 Å². The first kappa shape index (κ1) is 20.4. The fourth-order valence-electron chi connectivity index (χ4n) is 3.55. The zero-order valence-corrected chi connectivity index (χ0v) is 18.0. The zero-order chi connectivity index (χ0) is 21.3. The minimum Gasteiger partial charge on any atom is -0.322 e. The number of aryl methyl sites for hydroxylation is 2. The second kappa shape index (κ2) is 8.13. The number of nitrogens with zero attached hydrogens (tertiary/aromatic N) is 1. The van der Waals surface area contributed by atoms with Crippen molar-refractivity contribution in [2.75, 3.05) is 16.2 Å². The maximum atomic E-state index is 13.1. The van der Waals surface area contributed by atoms with Crippen LogP contribution in [0.4, 0.5) is 11.4 Å². The van der Waals surface area contributed by atoms with Crippen LogP contribution in [0.1, 0.15) is 27.9 Å². The van der Waals surface area contributed by atoms with Gasteiger partial charge in [0.2, 0.25) is 0 Å². The van der Waals surface area contributed by atoms with Gasteiger partial charge in [-0.2, -0.15) is 0 Å². The summed E-state index contributed by atoms with van der Waals surface area (Å²) in [7, 11) is -3.65. The smallest absolute Gasteiger partial charge is 0.264 e. The highest BCUT2D eigenvalue weighted by Crippen LogP contribution is 2.33. The molecule has 1 aliphatic heterocycles. The Hall–Kier alpha value is -2.83. The van der Waals surface area contributed by atoms with E-state index >= 15 is 0 Å². The van der Waals surface area contributed by atoms with Gasteiger partial charge in [-0.05, 0) is 73.4 Å². The minimum absolute atomic E-state index is 0.260. The molecule has 1 heterocycles. The fraction of sp³-hybridized carbons (Fsp3) is 0.174. The predicted octanol–water partition coefficient (Wildman–Crippen LogP) is 5.04. The van der Waals surface area contributed by atoms with Gasteiger partial charge in [-0.15, -0.1) is 0 Å². The Labute approximate surface area is 181 Å². The Morgan fingerprint density at radius 2 is 1.80 bits per heavy atom. The number of nitrogens with one attached hydrogen (secondary N) is 1. The van der Waals surface area contributed by atoms with Crippen molar-refractivity contribution in [1.82, 2.24) is 0 Å². The standard InChI is InChI=1S/C23H21ClN2O3S/c1-16-9-11-19(15-21(16)24)25-23(27)18-10-12-22-17(14-18)6-5-13-26(22)30(28,29)20-7-3-2-4-8-20/h2-4,7-12,14-15H,5-6,13H2,1H3,(H,25,27). The second-order valence-corrected chi connectivity index (χ2v) is 9.52. The van der Waals surface area contributed by atoms with Gasteiger partial charge in [0.1, 0.15) is 0 Å². The third kappa shape index (κ3) is 3.93. The van der Waals surface area contributed by atoms with Crippen molar-refractivity contribution in [2.24, 2.45) is 0 Å². The van der Waals surface area contributed by atoms with Gasteiger partial charge in [0.25, 0.3) is 15.9 Å². The van der Waals surface area contributed by atoms with Gasteiger partial charge >= 0.3 is 0 Å². The molecule has 3 aromatic rings. The van der Waals surface area contributed by atoms with Crippen LogP contribution in [0.5, 0.6) is 0 Å². The molecule has 0 radical (unpaired) electrons. The Bertz CT molecular complexity index is 1210. The number of hydrogen-bond acceptors (Lipinski definition) is 3. The lowest BCUT2D eigenvalue weighted by atomic mass is 10.0. The van der Waals surface area contributed by atoms with Gasteiger partial charge in [-0.3, -0.25) is 9.10 Å². The monoisotopic (exact) mass is 440 g/mol. The van der Waals surface area contributed by atoms with Crippen molar-refractivity contribution in [3.8, 4) is 0 Å². The van der Waals surface area contributed by atoms with Crippen molar-refractivity contribution in [1.29, 1.82) is 0 Å². The topological polar surface area (TPSA) is 66.5 Å². The van der Waals surface area contributed by atoms with Crippen LogP contribution in [0.15, 0.2) is 71.6 Å². The molecule has 7 heteroatoms. The molecule has 0 bridgehead atoms. The van der Waals surface area contributed by atoms with Crippen LogP contribution in [-0.2, 0) is 16.4 Å². The first-order valence-electron chi connectivity index (χ1n) is 9.64. The number of fused-ring (bicyclic) bond motifs is 1. The van der Waals surface area contributed by atoms with E-state index in [-0.39, 0.29) is 10.8 Å². The third-order valence-corrected chi connectivity index (χ3v) is 7.41. The van der Waals surface area contributed by atoms with E-state index in [1.807, 2.05) is 13.0 Å². The summed E-state index contributed by atoms with van der Waals surface area (Å²) < 4.78 is 27.6.